The van der Waals surface area contributed by atoms with Crippen molar-refractivity contribution in [1.29, 1.82) is 0 Å². The molecule has 0 bridgehead atoms. The molecule has 0 aromatic heterocycles. The van der Waals surface area contributed by atoms with E-state index in [0.29, 0.717) is 29.8 Å². The van der Waals surface area contributed by atoms with Crippen molar-refractivity contribution in [2.75, 3.05) is 13.2 Å². The molecule has 6 heteroatoms. The lowest BCUT2D eigenvalue weighted by Gasteiger charge is -2.13. The number of hydrogen-bond donors (Lipinski definition) is 2. The quantitative estimate of drug-likeness (QED) is 0.664. The van der Waals surface area contributed by atoms with E-state index in [9.17, 15) is 0 Å². The number of aliphatic imine (C=N–C) groups is 2. The summed E-state index contributed by atoms with van der Waals surface area (Å²) in [6.07, 6.45) is 5.54. The van der Waals surface area contributed by atoms with Crippen LogP contribution in [0.25, 0.3) is 0 Å². The third-order valence-electron chi connectivity index (χ3n) is 3.76. The number of amidine groups is 1. The van der Waals surface area contributed by atoms with E-state index in [4.69, 9.17) is 27.2 Å². The van der Waals surface area contributed by atoms with Gasteiger partial charge in [-0.15, -0.1) is 0 Å². The van der Waals surface area contributed by atoms with Crippen molar-refractivity contribution in [2.45, 2.75) is 26.2 Å². The van der Waals surface area contributed by atoms with Gasteiger partial charge in [-0.25, -0.2) is 10.8 Å². The lowest BCUT2D eigenvalue weighted by Crippen LogP contribution is -2.32. The molecule has 0 saturated heterocycles. The number of halogens is 1. The van der Waals surface area contributed by atoms with E-state index in [1.165, 1.54) is 5.57 Å². The van der Waals surface area contributed by atoms with Gasteiger partial charge in [-0.05, 0) is 37.8 Å². The maximum absolute atomic E-state index is 6.35. The van der Waals surface area contributed by atoms with Crippen LogP contribution in [0.3, 0.4) is 0 Å². The first-order chi connectivity index (χ1) is 10.7. The highest BCUT2D eigenvalue weighted by atomic mass is 35.5. The number of hydrazine groups is 1. The van der Waals surface area contributed by atoms with Crippen LogP contribution in [-0.2, 0) is 0 Å². The van der Waals surface area contributed by atoms with Crippen LogP contribution in [0.1, 0.15) is 31.7 Å². The molecule has 0 atom stereocenters. The van der Waals surface area contributed by atoms with E-state index >= 15 is 0 Å². The Morgan fingerprint density at radius 3 is 2.95 bits per heavy atom. The molecule has 0 amide bonds. The molecule has 0 unspecified atom stereocenters. The fourth-order valence-electron chi connectivity index (χ4n) is 2.75. The predicted octanol–water partition coefficient (Wildman–Crippen LogP) is 3.15. The van der Waals surface area contributed by atoms with Crippen molar-refractivity contribution in [3.8, 4) is 5.75 Å². The van der Waals surface area contributed by atoms with Crippen LogP contribution in [-0.4, -0.2) is 24.7 Å². The first-order valence-electron chi connectivity index (χ1n) is 7.47. The monoisotopic (exact) mass is 318 g/mol. The molecule has 1 aliphatic heterocycles. The number of rotatable bonds is 3. The second-order valence-corrected chi connectivity index (χ2v) is 5.63. The third kappa shape index (κ3) is 2.87. The molecule has 3 rings (SSSR count). The zero-order chi connectivity index (χ0) is 15.5. The summed E-state index contributed by atoms with van der Waals surface area (Å²) in [7, 11) is 0. The Balaban J connectivity index is 2.13. The van der Waals surface area contributed by atoms with Gasteiger partial charge in [-0.1, -0.05) is 17.7 Å². The number of nitrogens with two attached hydrogens (primary N) is 1. The Labute approximate surface area is 134 Å². The van der Waals surface area contributed by atoms with Crippen molar-refractivity contribution >= 4 is 28.8 Å². The maximum atomic E-state index is 6.35. The Morgan fingerprint density at radius 1 is 1.41 bits per heavy atom. The van der Waals surface area contributed by atoms with E-state index < -0.39 is 0 Å². The number of hydrogen-bond acceptors (Lipinski definition) is 5. The molecule has 0 spiro atoms. The smallest absolute Gasteiger partial charge is 0.140 e. The van der Waals surface area contributed by atoms with Crippen molar-refractivity contribution in [3.63, 3.8) is 0 Å². The zero-order valence-corrected chi connectivity index (χ0v) is 13.3. The van der Waals surface area contributed by atoms with Crippen LogP contribution in [0, 0.1) is 0 Å². The maximum Gasteiger partial charge on any atom is 0.140 e. The second kappa shape index (κ2) is 6.50. The predicted molar refractivity (Wildman–Crippen MR) is 90.4 cm³/mol. The molecule has 1 heterocycles. The normalized spacial score (nSPS) is 17.1. The average molecular weight is 319 g/mol. The summed E-state index contributed by atoms with van der Waals surface area (Å²) in [5, 5.41) is 0.575. The van der Waals surface area contributed by atoms with Gasteiger partial charge in [0.15, 0.2) is 0 Å². The van der Waals surface area contributed by atoms with E-state index in [1.54, 1.807) is 0 Å². The Kier molecular flexibility index (Phi) is 4.45. The molecule has 0 saturated carbocycles. The van der Waals surface area contributed by atoms with E-state index in [1.807, 2.05) is 19.1 Å². The van der Waals surface area contributed by atoms with Gasteiger partial charge in [0.25, 0.3) is 0 Å². The molecule has 5 nitrogen and oxygen atoms in total. The molecule has 0 fully saturated rings. The van der Waals surface area contributed by atoms with Crippen LogP contribution in [0.5, 0.6) is 5.75 Å². The first kappa shape index (κ1) is 15.1. The van der Waals surface area contributed by atoms with Gasteiger partial charge in [-0.2, -0.15) is 0 Å². The van der Waals surface area contributed by atoms with E-state index in [0.717, 1.165) is 36.2 Å². The highest BCUT2D eigenvalue weighted by Gasteiger charge is 2.21. The summed E-state index contributed by atoms with van der Waals surface area (Å²) in [4.78, 5) is 9.25. The number of benzene rings is 1. The molecule has 116 valence electrons. The van der Waals surface area contributed by atoms with Gasteiger partial charge in [0.1, 0.15) is 11.6 Å². The van der Waals surface area contributed by atoms with E-state index in [2.05, 4.69) is 16.5 Å². The van der Waals surface area contributed by atoms with Gasteiger partial charge in [0.05, 0.1) is 29.6 Å². The minimum atomic E-state index is 0.430. The Bertz CT molecular complexity index is 679. The SMILES string of the molecule is CCOc1cc2c(cc1Cl)C(C1=CCCC1)=NCC(NN)=N2. The summed E-state index contributed by atoms with van der Waals surface area (Å²) >= 11 is 6.35. The summed E-state index contributed by atoms with van der Waals surface area (Å²) in [5.74, 6) is 6.79. The molecular weight excluding hydrogens is 300 g/mol. The van der Waals surface area contributed by atoms with Crippen molar-refractivity contribution in [3.05, 3.63) is 34.4 Å². The number of nitrogens with one attached hydrogen (secondary N) is 1. The third-order valence-corrected chi connectivity index (χ3v) is 4.05. The lowest BCUT2D eigenvalue weighted by molar-refractivity contribution is 0.340. The molecule has 1 aromatic carbocycles. The zero-order valence-electron chi connectivity index (χ0n) is 12.5. The Morgan fingerprint density at radius 2 is 2.27 bits per heavy atom. The summed E-state index contributed by atoms with van der Waals surface area (Å²) in [6.45, 7) is 2.91. The van der Waals surface area contributed by atoms with Crippen LogP contribution in [0.2, 0.25) is 5.02 Å². The molecule has 2 aliphatic rings. The Hall–Kier alpha value is -1.85. The molecule has 0 radical (unpaired) electrons. The summed E-state index contributed by atoms with van der Waals surface area (Å²) in [6, 6.07) is 3.75. The topological polar surface area (TPSA) is 72.0 Å². The lowest BCUT2D eigenvalue weighted by atomic mass is 10.00. The summed E-state index contributed by atoms with van der Waals surface area (Å²) < 4.78 is 5.57. The molecule has 22 heavy (non-hydrogen) atoms. The second-order valence-electron chi connectivity index (χ2n) is 5.22. The fraction of sp³-hybridized carbons (Fsp3) is 0.375. The van der Waals surface area contributed by atoms with E-state index in [-0.39, 0.29) is 0 Å². The van der Waals surface area contributed by atoms with Crippen LogP contribution in [0.15, 0.2) is 33.8 Å². The number of nitrogens with zero attached hydrogens (tertiary/aromatic N) is 2. The molecule has 1 aliphatic carbocycles. The number of allylic oxidation sites excluding steroid dienone is 2. The highest BCUT2D eigenvalue weighted by Crippen LogP contribution is 2.36. The van der Waals surface area contributed by atoms with Gasteiger partial charge < -0.3 is 10.2 Å². The minimum Gasteiger partial charge on any atom is -0.492 e. The number of fused-ring (bicyclic) bond motifs is 1. The standard InChI is InChI=1S/C16H19ClN4O/c1-2-22-14-8-13-11(7-12(14)17)16(10-5-3-4-6-10)19-9-15(20-13)21-18/h5,7-8H,2-4,6,9,18H2,1H3,(H,20,21). The van der Waals surface area contributed by atoms with Gasteiger partial charge >= 0.3 is 0 Å². The van der Waals surface area contributed by atoms with Gasteiger partial charge in [0.2, 0.25) is 0 Å². The average Bonchev–Trinajstić information content (AvgIpc) is 2.98. The van der Waals surface area contributed by atoms with Crippen LogP contribution in [0.4, 0.5) is 5.69 Å². The van der Waals surface area contributed by atoms with Crippen molar-refractivity contribution in [1.82, 2.24) is 5.43 Å². The molecule has 1 aromatic rings. The fourth-order valence-corrected chi connectivity index (χ4v) is 2.97. The highest BCUT2D eigenvalue weighted by molar-refractivity contribution is 6.33. The van der Waals surface area contributed by atoms with Crippen LogP contribution < -0.4 is 16.0 Å². The van der Waals surface area contributed by atoms with Crippen molar-refractivity contribution in [2.24, 2.45) is 15.8 Å². The summed E-state index contributed by atoms with van der Waals surface area (Å²) in [5.41, 5.74) is 6.55. The minimum absolute atomic E-state index is 0.430. The van der Waals surface area contributed by atoms with Gasteiger partial charge in [-0.3, -0.25) is 4.99 Å². The molecular formula is C16H19ClN4O. The van der Waals surface area contributed by atoms with Gasteiger partial charge in [0, 0.05) is 11.6 Å². The first-order valence-corrected chi connectivity index (χ1v) is 7.85. The van der Waals surface area contributed by atoms with Crippen LogP contribution >= 0.6 is 11.6 Å². The number of ether oxygens (including phenoxy) is 1. The molecule has 3 N–H and O–H groups in total. The van der Waals surface area contributed by atoms with Crippen molar-refractivity contribution < 1.29 is 4.74 Å². The largest absolute Gasteiger partial charge is 0.492 e.